The molecule has 0 unspecified atom stereocenters. The number of aromatic nitrogens is 1. The number of nitrogen functional groups attached to an aromatic ring is 1. The van der Waals surface area contributed by atoms with Gasteiger partial charge >= 0.3 is 0 Å². The molecule has 0 aliphatic carbocycles. The van der Waals surface area contributed by atoms with Crippen LogP contribution in [0.15, 0.2) is 42.6 Å². The predicted octanol–water partition coefficient (Wildman–Crippen LogP) is 3.91. The molecule has 21 heavy (non-hydrogen) atoms. The number of hydrogen-bond donors (Lipinski definition) is 1. The summed E-state index contributed by atoms with van der Waals surface area (Å²) < 4.78 is 0. The largest absolute Gasteiger partial charge is 0.383 e. The standard InChI is InChI=1S/C18H22N2O/c1-4-18(5-2,14-9-7-6-8-10-14)16(21)15-13(3)11-12-20-17(15)19/h6-12H,4-5H2,1-3H3,(H2,19,20). The van der Waals surface area contributed by atoms with Crippen LogP contribution in [0.4, 0.5) is 5.82 Å². The lowest BCUT2D eigenvalue weighted by molar-refractivity contribution is 0.0873. The van der Waals surface area contributed by atoms with Crippen molar-refractivity contribution in [2.24, 2.45) is 0 Å². The Hall–Kier alpha value is -2.16. The zero-order valence-electron chi connectivity index (χ0n) is 12.9. The summed E-state index contributed by atoms with van der Waals surface area (Å²) in [6, 6.07) is 11.8. The Morgan fingerprint density at radius 2 is 1.76 bits per heavy atom. The quantitative estimate of drug-likeness (QED) is 0.846. The smallest absolute Gasteiger partial charge is 0.177 e. The van der Waals surface area contributed by atoms with Crippen LogP contribution in [0.25, 0.3) is 0 Å². The molecule has 2 rings (SSSR count). The van der Waals surface area contributed by atoms with Crippen molar-refractivity contribution in [1.82, 2.24) is 4.98 Å². The third-order valence-corrected chi connectivity index (χ3v) is 4.38. The second kappa shape index (κ2) is 6.08. The molecular weight excluding hydrogens is 260 g/mol. The minimum absolute atomic E-state index is 0.0711. The van der Waals surface area contributed by atoms with Crippen LogP contribution in [-0.4, -0.2) is 10.8 Å². The number of carbonyl (C=O) groups excluding carboxylic acids is 1. The van der Waals surface area contributed by atoms with Gasteiger partial charge in [0.05, 0.1) is 11.0 Å². The van der Waals surface area contributed by atoms with E-state index < -0.39 is 5.41 Å². The predicted molar refractivity (Wildman–Crippen MR) is 86.4 cm³/mol. The van der Waals surface area contributed by atoms with Crippen molar-refractivity contribution in [2.45, 2.75) is 39.0 Å². The van der Waals surface area contributed by atoms with Crippen LogP contribution in [-0.2, 0) is 5.41 Å². The van der Waals surface area contributed by atoms with Crippen molar-refractivity contribution >= 4 is 11.6 Å². The van der Waals surface area contributed by atoms with Gasteiger partial charge in [0.25, 0.3) is 0 Å². The minimum atomic E-state index is -0.539. The number of carbonyl (C=O) groups is 1. The van der Waals surface area contributed by atoms with E-state index >= 15 is 0 Å². The summed E-state index contributed by atoms with van der Waals surface area (Å²) >= 11 is 0. The zero-order valence-corrected chi connectivity index (χ0v) is 12.9. The van der Waals surface area contributed by atoms with Crippen molar-refractivity contribution < 1.29 is 4.79 Å². The molecule has 0 atom stereocenters. The monoisotopic (exact) mass is 282 g/mol. The van der Waals surface area contributed by atoms with Gasteiger partial charge in [-0.05, 0) is 37.0 Å². The normalized spacial score (nSPS) is 11.4. The Kier molecular flexibility index (Phi) is 4.41. The van der Waals surface area contributed by atoms with Gasteiger partial charge < -0.3 is 5.73 Å². The van der Waals surface area contributed by atoms with Gasteiger partial charge in [-0.1, -0.05) is 44.2 Å². The Labute approximate surface area is 126 Å². The summed E-state index contributed by atoms with van der Waals surface area (Å²) in [5.74, 6) is 0.393. The lowest BCUT2D eigenvalue weighted by atomic mass is 9.70. The Balaban J connectivity index is 2.61. The van der Waals surface area contributed by atoms with Crippen LogP contribution in [0.2, 0.25) is 0 Å². The zero-order chi connectivity index (χ0) is 15.5. The van der Waals surface area contributed by atoms with Crippen molar-refractivity contribution in [3.8, 4) is 0 Å². The molecule has 0 saturated heterocycles. The molecule has 0 radical (unpaired) electrons. The minimum Gasteiger partial charge on any atom is -0.383 e. The number of Topliss-reactive ketones (excluding diaryl/α,β-unsaturated/α-hetero) is 1. The summed E-state index contributed by atoms with van der Waals surface area (Å²) in [7, 11) is 0. The number of pyridine rings is 1. The summed E-state index contributed by atoms with van der Waals surface area (Å²) in [4.78, 5) is 17.3. The van der Waals surface area contributed by atoms with Crippen LogP contribution in [0, 0.1) is 6.92 Å². The number of aryl methyl sites for hydroxylation is 1. The third-order valence-electron chi connectivity index (χ3n) is 4.38. The lowest BCUT2D eigenvalue weighted by Gasteiger charge is -2.31. The summed E-state index contributed by atoms with van der Waals surface area (Å²) in [5, 5.41) is 0. The Morgan fingerprint density at radius 1 is 1.14 bits per heavy atom. The van der Waals surface area contributed by atoms with Crippen molar-refractivity contribution in [1.29, 1.82) is 0 Å². The van der Waals surface area contributed by atoms with Gasteiger partial charge in [-0.2, -0.15) is 0 Å². The maximum absolute atomic E-state index is 13.3. The summed E-state index contributed by atoms with van der Waals surface area (Å²) in [5.41, 5.74) is 7.92. The first-order valence-electron chi connectivity index (χ1n) is 7.38. The highest BCUT2D eigenvalue weighted by Crippen LogP contribution is 2.37. The number of benzene rings is 1. The van der Waals surface area contributed by atoms with E-state index in [1.807, 2.05) is 43.3 Å². The molecule has 0 amide bonds. The van der Waals surface area contributed by atoms with E-state index in [9.17, 15) is 4.79 Å². The van der Waals surface area contributed by atoms with Gasteiger partial charge in [-0.15, -0.1) is 0 Å². The van der Waals surface area contributed by atoms with Crippen LogP contribution < -0.4 is 5.73 Å². The molecule has 1 aromatic heterocycles. The highest BCUT2D eigenvalue weighted by atomic mass is 16.1. The third kappa shape index (κ3) is 2.56. The molecule has 2 N–H and O–H groups in total. The Bertz CT molecular complexity index is 611. The molecule has 3 nitrogen and oxygen atoms in total. The summed E-state index contributed by atoms with van der Waals surface area (Å²) in [6.45, 7) is 6.01. The molecule has 0 spiro atoms. The fourth-order valence-corrected chi connectivity index (χ4v) is 2.98. The van der Waals surface area contributed by atoms with Gasteiger partial charge in [-0.3, -0.25) is 4.79 Å². The average molecular weight is 282 g/mol. The first-order chi connectivity index (χ1) is 10.1. The van der Waals surface area contributed by atoms with Crippen molar-refractivity contribution in [2.75, 3.05) is 5.73 Å². The van der Waals surface area contributed by atoms with Gasteiger partial charge in [0, 0.05) is 6.20 Å². The fraction of sp³-hybridized carbons (Fsp3) is 0.333. The topological polar surface area (TPSA) is 56.0 Å². The number of nitrogens with zero attached hydrogens (tertiary/aromatic N) is 1. The van der Waals surface area contributed by atoms with Crippen LogP contribution in [0.3, 0.4) is 0 Å². The van der Waals surface area contributed by atoms with E-state index in [4.69, 9.17) is 5.73 Å². The second-order valence-electron chi connectivity index (χ2n) is 5.37. The van der Waals surface area contributed by atoms with E-state index in [1.165, 1.54) is 0 Å². The second-order valence-corrected chi connectivity index (χ2v) is 5.37. The van der Waals surface area contributed by atoms with Crippen LogP contribution in [0.5, 0.6) is 0 Å². The highest BCUT2D eigenvalue weighted by molar-refractivity contribution is 6.08. The van der Waals surface area contributed by atoms with Gasteiger partial charge in [-0.25, -0.2) is 4.98 Å². The first-order valence-corrected chi connectivity index (χ1v) is 7.38. The lowest BCUT2D eigenvalue weighted by Crippen LogP contribution is -2.36. The van der Waals surface area contributed by atoms with E-state index in [1.54, 1.807) is 6.20 Å². The number of ketones is 1. The highest BCUT2D eigenvalue weighted by Gasteiger charge is 2.38. The molecule has 0 aliphatic heterocycles. The molecule has 2 aromatic rings. The number of rotatable bonds is 5. The molecule has 1 aromatic carbocycles. The van der Waals surface area contributed by atoms with E-state index in [2.05, 4.69) is 18.8 Å². The maximum Gasteiger partial charge on any atom is 0.177 e. The molecule has 0 saturated carbocycles. The Morgan fingerprint density at radius 3 is 2.29 bits per heavy atom. The molecule has 0 bridgehead atoms. The van der Waals surface area contributed by atoms with E-state index in [0.717, 1.165) is 24.0 Å². The van der Waals surface area contributed by atoms with Crippen molar-refractivity contribution in [3.63, 3.8) is 0 Å². The van der Waals surface area contributed by atoms with Gasteiger partial charge in [0.15, 0.2) is 5.78 Å². The van der Waals surface area contributed by atoms with Crippen LogP contribution in [0.1, 0.15) is 48.2 Å². The maximum atomic E-state index is 13.3. The molecule has 1 heterocycles. The van der Waals surface area contributed by atoms with Gasteiger partial charge in [0.1, 0.15) is 5.82 Å². The molecule has 110 valence electrons. The number of hydrogen-bond acceptors (Lipinski definition) is 3. The SMILES string of the molecule is CCC(CC)(C(=O)c1c(C)ccnc1N)c1ccccc1. The van der Waals surface area contributed by atoms with Crippen molar-refractivity contribution in [3.05, 3.63) is 59.3 Å². The fourth-order valence-electron chi connectivity index (χ4n) is 2.98. The van der Waals surface area contributed by atoms with Crippen LogP contribution >= 0.6 is 0 Å². The number of anilines is 1. The number of nitrogens with two attached hydrogens (primary N) is 1. The molecule has 3 heteroatoms. The molecule has 0 aliphatic rings. The van der Waals surface area contributed by atoms with E-state index in [-0.39, 0.29) is 5.78 Å². The molecular formula is C18H22N2O. The molecule has 0 fully saturated rings. The first kappa shape index (κ1) is 15.2. The van der Waals surface area contributed by atoms with E-state index in [0.29, 0.717) is 11.4 Å². The van der Waals surface area contributed by atoms with Gasteiger partial charge in [0.2, 0.25) is 0 Å². The average Bonchev–Trinajstić information content (AvgIpc) is 2.50. The summed E-state index contributed by atoms with van der Waals surface area (Å²) in [6.07, 6.45) is 3.11.